The molecule has 1 aliphatic heterocycles. The second kappa shape index (κ2) is 8.32. The molecule has 158 valence electrons. The van der Waals surface area contributed by atoms with Gasteiger partial charge < -0.3 is 10.00 Å². The van der Waals surface area contributed by atoms with Gasteiger partial charge in [0, 0.05) is 12.5 Å². The van der Waals surface area contributed by atoms with Gasteiger partial charge in [-0.25, -0.2) is 4.52 Å². The van der Waals surface area contributed by atoms with Crippen molar-refractivity contribution in [3.63, 3.8) is 0 Å². The summed E-state index contributed by atoms with van der Waals surface area (Å²) in [4.78, 5) is 14.5. The molecular weight excluding hydrogens is 369 g/mol. The Morgan fingerprint density at radius 1 is 1.21 bits per heavy atom. The molecule has 1 aliphatic carbocycles. The van der Waals surface area contributed by atoms with Gasteiger partial charge in [-0.1, -0.05) is 57.5 Å². The van der Waals surface area contributed by atoms with Crippen molar-refractivity contribution >= 4 is 7.87 Å². The lowest BCUT2D eigenvalue weighted by molar-refractivity contribution is -0.240. The van der Waals surface area contributed by atoms with E-state index >= 15 is 0 Å². The molecule has 1 unspecified atom stereocenters. The molecule has 2 aliphatic rings. The normalized spacial score (nSPS) is 35.4. The Bertz CT molecular complexity index is 653. The smallest absolute Gasteiger partial charge is 0.180 e. The highest BCUT2D eigenvalue weighted by Crippen LogP contribution is 2.70. The molecule has 1 aromatic rings. The number of aliphatic hydroxyl groups is 1. The average Bonchev–Trinajstić information content (AvgIpc) is 2.64. The van der Waals surface area contributed by atoms with Crippen LogP contribution in [0.3, 0.4) is 0 Å². The Hall–Kier alpha value is -0.510. The van der Waals surface area contributed by atoms with E-state index in [-0.39, 0.29) is 11.6 Å². The van der Waals surface area contributed by atoms with Crippen LogP contribution in [0.15, 0.2) is 30.3 Å². The highest BCUT2D eigenvalue weighted by Gasteiger charge is 2.61. The Kier molecular flexibility index (Phi) is 6.59. The van der Waals surface area contributed by atoms with Gasteiger partial charge in [0.25, 0.3) is 0 Å². The Morgan fingerprint density at radius 3 is 2.46 bits per heavy atom. The SMILES string of the molecule is CC(C)CN1C(C)(C)[C@@H]2CC[C@@H](C)C[C@H]2O[P+]1([O-])[C@H](C)[C@H](O)c1ccccc1. The third-order valence-electron chi connectivity index (χ3n) is 6.90. The summed E-state index contributed by atoms with van der Waals surface area (Å²) in [5.41, 5.74) is 0.106. The van der Waals surface area contributed by atoms with Gasteiger partial charge >= 0.3 is 0 Å². The third kappa shape index (κ3) is 4.04. The van der Waals surface area contributed by atoms with E-state index in [0.29, 0.717) is 17.8 Å². The van der Waals surface area contributed by atoms with Crippen molar-refractivity contribution in [2.24, 2.45) is 17.8 Å². The number of benzene rings is 1. The molecule has 3 rings (SSSR count). The topological polar surface area (TPSA) is 55.8 Å². The molecule has 1 saturated carbocycles. The quantitative estimate of drug-likeness (QED) is 0.712. The molecule has 4 nitrogen and oxygen atoms in total. The van der Waals surface area contributed by atoms with Gasteiger partial charge in [-0.2, -0.15) is 4.67 Å². The van der Waals surface area contributed by atoms with Crippen molar-refractivity contribution in [2.45, 2.75) is 84.2 Å². The Balaban J connectivity index is 1.98. The minimum Gasteiger partial charge on any atom is -0.641 e. The fraction of sp³-hybridized carbons (Fsp3) is 0.739. The van der Waals surface area contributed by atoms with Crippen molar-refractivity contribution in [3.05, 3.63) is 35.9 Å². The maximum Gasteiger partial charge on any atom is 0.180 e. The molecule has 0 aromatic heterocycles. The van der Waals surface area contributed by atoms with Gasteiger partial charge in [-0.15, -0.1) is 0 Å². The van der Waals surface area contributed by atoms with Gasteiger partial charge in [0.2, 0.25) is 0 Å². The molecule has 28 heavy (non-hydrogen) atoms. The summed E-state index contributed by atoms with van der Waals surface area (Å²) in [6, 6.07) is 9.57. The predicted molar refractivity (Wildman–Crippen MR) is 115 cm³/mol. The second-order valence-electron chi connectivity index (χ2n) is 9.96. The zero-order valence-corrected chi connectivity index (χ0v) is 19.2. The van der Waals surface area contributed by atoms with E-state index in [1.54, 1.807) is 0 Å². The van der Waals surface area contributed by atoms with E-state index < -0.39 is 19.6 Å². The van der Waals surface area contributed by atoms with E-state index in [4.69, 9.17) is 4.52 Å². The molecule has 2 fully saturated rings. The molecule has 6 atom stereocenters. The van der Waals surface area contributed by atoms with Crippen molar-refractivity contribution in [3.8, 4) is 0 Å². The van der Waals surface area contributed by atoms with Crippen LogP contribution in [-0.2, 0) is 4.52 Å². The Morgan fingerprint density at radius 2 is 1.86 bits per heavy atom. The number of hydrogen-bond donors (Lipinski definition) is 1. The van der Waals surface area contributed by atoms with Crippen LogP contribution in [0.5, 0.6) is 0 Å². The number of hydrogen-bond acceptors (Lipinski definition) is 4. The third-order valence-corrected chi connectivity index (χ3v) is 10.1. The van der Waals surface area contributed by atoms with Gasteiger partial charge in [0.15, 0.2) is 7.87 Å². The lowest BCUT2D eigenvalue weighted by atomic mass is 9.71. The largest absolute Gasteiger partial charge is 0.641 e. The molecular formula is C23H38NO3P. The molecule has 0 amide bonds. The number of rotatable bonds is 5. The molecule has 0 radical (unpaired) electrons. The van der Waals surface area contributed by atoms with Gasteiger partial charge in [-0.3, -0.25) is 0 Å². The summed E-state index contributed by atoms with van der Waals surface area (Å²) in [7, 11) is -3.24. The predicted octanol–water partition coefficient (Wildman–Crippen LogP) is 4.80. The van der Waals surface area contributed by atoms with Crippen LogP contribution in [0.25, 0.3) is 0 Å². The maximum absolute atomic E-state index is 14.5. The van der Waals surface area contributed by atoms with Crippen molar-refractivity contribution in [2.75, 3.05) is 6.54 Å². The Labute approximate surface area is 171 Å². The maximum atomic E-state index is 14.5. The van der Waals surface area contributed by atoms with Crippen molar-refractivity contribution < 1.29 is 14.5 Å². The molecule has 0 spiro atoms. The summed E-state index contributed by atoms with van der Waals surface area (Å²) in [5, 5.41) is 11.1. The van der Waals surface area contributed by atoms with Gasteiger partial charge in [0.05, 0.1) is 5.54 Å². The van der Waals surface area contributed by atoms with Crippen molar-refractivity contribution in [1.29, 1.82) is 0 Å². The fourth-order valence-electron chi connectivity index (χ4n) is 5.17. The summed E-state index contributed by atoms with van der Waals surface area (Å²) < 4.78 is 8.66. The lowest BCUT2D eigenvalue weighted by Gasteiger charge is -2.60. The molecule has 1 aromatic carbocycles. The van der Waals surface area contributed by atoms with Gasteiger partial charge in [-0.05, 0) is 51.0 Å². The highest BCUT2D eigenvalue weighted by molar-refractivity contribution is 7.62. The summed E-state index contributed by atoms with van der Waals surface area (Å²) >= 11 is 0. The lowest BCUT2D eigenvalue weighted by Crippen LogP contribution is -2.63. The van der Waals surface area contributed by atoms with Crippen LogP contribution >= 0.6 is 7.87 Å². The molecule has 1 N–H and O–H groups in total. The first-order chi connectivity index (χ1) is 13.1. The first kappa shape index (κ1) is 22.2. The van der Waals surface area contributed by atoms with Crippen LogP contribution in [0.1, 0.15) is 72.5 Å². The van der Waals surface area contributed by atoms with Crippen LogP contribution in [0.4, 0.5) is 0 Å². The van der Waals surface area contributed by atoms with Crippen LogP contribution in [-0.4, -0.2) is 33.6 Å². The minimum atomic E-state index is -3.24. The molecule has 1 heterocycles. The zero-order chi connectivity index (χ0) is 20.7. The number of fused-ring (bicyclic) bond motifs is 1. The summed E-state index contributed by atoms with van der Waals surface area (Å²) in [5.74, 6) is 1.35. The van der Waals surface area contributed by atoms with E-state index in [2.05, 4.69) is 39.3 Å². The number of nitrogens with zero attached hydrogens (tertiary/aromatic N) is 1. The van der Waals surface area contributed by atoms with Crippen LogP contribution in [0.2, 0.25) is 0 Å². The minimum absolute atomic E-state index is 0.0124. The summed E-state index contributed by atoms with van der Waals surface area (Å²) in [6.45, 7) is 13.7. The monoisotopic (exact) mass is 407 g/mol. The van der Waals surface area contributed by atoms with Crippen LogP contribution in [0, 0.1) is 17.8 Å². The molecule has 0 bridgehead atoms. The zero-order valence-electron chi connectivity index (χ0n) is 18.3. The van der Waals surface area contributed by atoms with E-state index in [1.165, 1.54) is 6.42 Å². The standard InChI is InChI=1S/C23H38NO3P/c1-16(2)15-24-23(5,6)20-13-12-17(3)14-21(20)27-28(24,26)18(4)22(25)19-10-8-7-9-11-19/h7-11,16-18,20-22,25H,12-15H2,1-6H3/t17-,18-,20-,21-,22+,28?/m1/s1. The van der Waals surface area contributed by atoms with Crippen molar-refractivity contribution in [1.82, 2.24) is 4.67 Å². The fourth-order valence-corrected chi connectivity index (χ4v) is 8.49. The van der Waals surface area contributed by atoms with E-state index in [1.807, 2.05) is 37.3 Å². The number of aliphatic hydroxyl groups excluding tert-OH is 1. The van der Waals surface area contributed by atoms with E-state index in [9.17, 15) is 10.00 Å². The van der Waals surface area contributed by atoms with E-state index in [0.717, 1.165) is 24.9 Å². The average molecular weight is 408 g/mol. The first-order valence-corrected chi connectivity index (χ1v) is 12.5. The first-order valence-electron chi connectivity index (χ1n) is 10.9. The molecule has 5 heteroatoms. The highest BCUT2D eigenvalue weighted by atomic mass is 31.2. The van der Waals surface area contributed by atoms with Gasteiger partial charge in [0.1, 0.15) is 17.9 Å². The molecule has 1 saturated heterocycles. The second-order valence-corrected chi connectivity index (χ2v) is 12.6. The van der Waals surface area contributed by atoms with Crippen LogP contribution < -0.4 is 4.89 Å². The summed E-state index contributed by atoms with van der Waals surface area (Å²) in [6.07, 6.45) is 2.48.